The molecule has 1 heterocycles. The van der Waals surface area contributed by atoms with E-state index in [1.807, 2.05) is 6.08 Å². The molecule has 0 radical (unpaired) electrons. The molecule has 0 spiro atoms. The van der Waals surface area contributed by atoms with Crippen molar-refractivity contribution in [3.63, 3.8) is 0 Å². The van der Waals surface area contributed by atoms with Gasteiger partial charge in [-0.1, -0.05) is 24.4 Å². The van der Waals surface area contributed by atoms with Crippen LogP contribution in [0.15, 0.2) is 34.4 Å². The molecule has 52 valence electrons. The van der Waals surface area contributed by atoms with Crippen molar-refractivity contribution in [1.29, 1.82) is 0 Å². The third kappa shape index (κ3) is 1.36. The third-order valence-corrected chi connectivity index (χ3v) is 1.88. The van der Waals surface area contributed by atoms with Gasteiger partial charge in [0.15, 0.2) is 0 Å². The van der Waals surface area contributed by atoms with Crippen molar-refractivity contribution in [2.45, 2.75) is 0 Å². The molecule has 10 heavy (non-hydrogen) atoms. The van der Waals surface area contributed by atoms with Crippen LogP contribution in [-0.4, -0.2) is 17.6 Å². The van der Waals surface area contributed by atoms with Crippen molar-refractivity contribution in [2.24, 2.45) is 9.98 Å². The van der Waals surface area contributed by atoms with Crippen LogP contribution < -0.4 is 0 Å². The lowest BCUT2D eigenvalue weighted by molar-refractivity contribution is 1.42. The molecule has 0 N–H and O–H groups in total. The number of aliphatic imine (C=N–C) groups is 2. The molecule has 0 bridgehead atoms. The Morgan fingerprint density at radius 3 is 3.20 bits per heavy atom. The molecule has 0 atom stereocenters. The van der Waals surface area contributed by atoms with Gasteiger partial charge in [-0.05, 0) is 6.08 Å². The topological polar surface area (TPSA) is 24.7 Å². The van der Waals surface area contributed by atoms with Crippen LogP contribution in [-0.2, 0) is 0 Å². The molecule has 0 aromatic carbocycles. The Bertz CT molecular complexity index is 226. The Morgan fingerprint density at radius 2 is 2.60 bits per heavy atom. The highest BCUT2D eigenvalue weighted by atomic mass is 32.2. The number of hydrogen-bond donors (Lipinski definition) is 0. The van der Waals surface area contributed by atoms with Crippen LogP contribution in [0.3, 0.4) is 0 Å². The number of hydrogen-bond acceptors (Lipinski definition) is 3. The fourth-order valence-electron chi connectivity index (χ4n) is 0.642. The first-order chi connectivity index (χ1) is 4.88. The van der Waals surface area contributed by atoms with E-state index in [-0.39, 0.29) is 0 Å². The minimum Gasteiger partial charge on any atom is -0.279 e. The summed E-state index contributed by atoms with van der Waals surface area (Å²) in [5.74, 6) is 0. The fraction of sp³-hybridized carbons (Fsp3) is 0.143. The smallest absolute Gasteiger partial charge is 0.122 e. The summed E-state index contributed by atoms with van der Waals surface area (Å²) in [5, 5.41) is 0.958. The molecule has 0 aromatic heterocycles. The summed E-state index contributed by atoms with van der Waals surface area (Å²) >= 11 is 1.53. The van der Waals surface area contributed by atoms with Crippen LogP contribution >= 0.6 is 11.8 Å². The third-order valence-electron chi connectivity index (χ3n) is 1.05. The molecule has 0 unspecified atom stereocenters. The Kier molecular flexibility index (Phi) is 2.45. The number of rotatable bonds is 1. The van der Waals surface area contributed by atoms with Crippen molar-refractivity contribution in [2.75, 3.05) is 7.05 Å². The van der Waals surface area contributed by atoms with E-state index in [2.05, 4.69) is 16.6 Å². The van der Waals surface area contributed by atoms with E-state index in [4.69, 9.17) is 0 Å². The normalized spacial score (nSPS) is 24.5. The maximum atomic E-state index is 4.07. The number of thioether (sulfide) groups is 1. The van der Waals surface area contributed by atoms with Gasteiger partial charge < -0.3 is 0 Å². The fourth-order valence-corrected chi connectivity index (χ4v) is 1.25. The summed E-state index contributed by atoms with van der Waals surface area (Å²) in [6.07, 6.45) is 3.56. The molecule has 0 saturated heterocycles. The van der Waals surface area contributed by atoms with Crippen molar-refractivity contribution < 1.29 is 0 Å². The molecule has 0 amide bonds. The standard InChI is InChI=1S/C7H8N2S/c1-3-4-6-7(8-2)10-5-9-6/h3-5H,1H2,2H3. The first-order valence-corrected chi connectivity index (χ1v) is 3.75. The van der Waals surface area contributed by atoms with Gasteiger partial charge in [0.2, 0.25) is 0 Å². The lowest BCUT2D eigenvalue weighted by Crippen LogP contribution is -1.87. The highest BCUT2D eigenvalue weighted by molar-refractivity contribution is 8.25. The molecule has 1 aliphatic rings. The molecular weight excluding hydrogens is 144 g/mol. The van der Waals surface area contributed by atoms with Crippen LogP contribution in [0.1, 0.15) is 0 Å². The minimum absolute atomic E-state index is 0.905. The Balaban J connectivity index is 2.86. The van der Waals surface area contributed by atoms with Gasteiger partial charge in [0.25, 0.3) is 0 Å². The van der Waals surface area contributed by atoms with Gasteiger partial charge >= 0.3 is 0 Å². The second-order valence-corrected chi connectivity index (χ2v) is 2.50. The van der Waals surface area contributed by atoms with E-state index in [1.165, 1.54) is 11.8 Å². The minimum atomic E-state index is 0.905. The van der Waals surface area contributed by atoms with Gasteiger partial charge in [-0.3, -0.25) is 4.99 Å². The Hall–Kier alpha value is -0.830. The van der Waals surface area contributed by atoms with Gasteiger partial charge in [0, 0.05) is 7.05 Å². The first-order valence-electron chi connectivity index (χ1n) is 2.87. The van der Waals surface area contributed by atoms with Gasteiger partial charge in [0.05, 0.1) is 11.2 Å². The molecule has 1 aliphatic heterocycles. The molecule has 1 rings (SSSR count). The van der Waals surface area contributed by atoms with Gasteiger partial charge in [0.1, 0.15) is 5.04 Å². The molecule has 2 nitrogen and oxygen atoms in total. The summed E-state index contributed by atoms with van der Waals surface area (Å²) in [6.45, 7) is 3.58. The predicted molar refractivity (Wildman–Crippen MR) is 47.7 cm³/mol. The lowest BCUT2D eigenvalue weighted by Gasteiger charge is -1.90. The van der Waals surface area contributed by atoms with E-state index >= 15 is 0 Å². The maximum Gasteiger partial charge on any atom is 0.122 e. The van der Waals surface area contributed by atoms with Crippen molar-refractivity contribution >= 4 is 22.4 Å². The number of nitrogens with zero attached hydrogens (tertiary/aromatic N) is 2. The van der Waals surface area contributed by atoms with Crippen molar-refractivity contribution in [1.82, 2.24) is 0 Å². The predicted octanol–water partition coefficient (Wildman–Crippen LogP) is 1.86. The van der Waals surface area contributed by atoms with Gasteiger partial charge in [-0.15, -0.1) is 0 Å². The average molecular weight is 152 g/mol. The quantitative estimate of drug-likeness (QED) is 0.563. The highest BCUT2D eigenvalue weighted by Crippen LogP contribution is 2.18. The second-order valence-electron chi connectivity index (χ2n) is 1.67. The molecule has 0 aromatic rings. The summed E-state index contributed by atoms with van der Waals surface area (Å²) < 4.78 is 0. The van der Waals surface area contributed by atoms with E-state index in [0.717, 1.165) is 10.7 Å². The first kappa shape index (κ1) is 7.28. The zero-order valence-corrected chi connectivity index (χ0v) is 6.56. The summed E-state index contributed by atoms with van der Waals surface area (Å²) in [4.78, 5) is 8.10. The lowest BCUT2D eigenvalue weighted by atomic mass is 10.4. The van der Waals surface area contributed by atoms with Crippen molar-refractivity contribution in [3.05, 3.63) is 24.4 Å². The summed E-state index contributed by atoms with van der Waals surface area (Å²) in [7, 11) is 1.76. The van der Waals surface area contributed by atoms with Crippen LogP contribution in [0, 0.1) is 0 Å². The maximum absolute atomic E-state index is 4.07. The average Bonchev–Trinajstić information content (AvgIpc) is 2.36. The molecular formula is C7H8N2S. The van der Waals surface area contributed by atoms with Crippen molar-refractivity contribution in [3.8, 4) is 0 Å². The van der Waals surface area contributed by atoms with E-state index in [1.54, 1.807) is 18.7 Å². The van der Waals surface area contributed by atoms with Crippen LogP contribution in [0.25, 0.3) is 0 Å². The van der Waals surface area contributed by atoms with Crippen LogP contribution in [0.5, 0.6) is 0 Å². The monoisotopic (exact) mass is 152 g/mol. The second kappa shape index (κ2) is 3.37. The Labute approximate surface area is 64.5 Å². The number of allylic oxidation sites excluding steroid dienone is 2. The Morgan fingerprint density at radius 1 is 1.80 bits per heavy atom. The van der Waals surface area contributed by atoms with Gasteiger partial charge in [-0.25, -0.2) is 4.99 Å². The largest absolute Gasteiger partial charge is 0.279 e. The zero-order chi connectivity index (χ0) is 7.40. The summed E-state index contributed by atoms with van der Waals surface area (Å²) in [5.41, 5.74) is 2.68. The van der Waals surface area contributed by atoms with Gasteiger partial charge in [-0.2, -0.15) is 0 Å². The molecule has 0 aliphatic carbocycles. The van der Waals surface area contributed by atoms with E-state index < -0.39 is 0 Å². The zero-order valence-electron chi connectivity index (χ0n) is 5.74. The molecule has 0 fully saturated rings. The summed E-state index contributed by atoms with van der Waals surface area (Å²) in [6, 6.07) is 0. The van der Waals surface area contributed by atoms with Crippen LogP contribution in [0.4, 0.5) is 0 Å². The SMILES string of the molecule is C=CC=C1N=CSC1=NC. The van der Waals surface area contributed by atoms with Crippen LogP contribution in [0.2, 0.25) is 0 Å². The highest BCUT2D eigenvalue weighted by Gasteiger charge is 2.08. The van der Waals surface area contributed by atoms with E-state index in [9.17, 15) is 0 Å². The molecule has 0 saturated carbocycles. The van der Waals surface area contributed by atoms with E-state index in [0.29, 0.717) is 0 Å². The molecule has 3 heteroatoms.